The number of amides is 2. The molecule has 2 fully saturated rings. The molecule has 30 heavy (non-hydrogen) atoms. The molecular weight excluding hydrogens is 404 g/mol. The van der Waals surface area contributed by atoms with Crippen LogP contribution in [0.1, 0.15) is 44.0 Å². The van der Waals surface area contributed by atoms with Crippen molar-refractivity contribution in [1.82, 2.24) is 20.4 Å². The molecule has 0 spiro atoms. The molecule has 4 rings (SSSR count). The quantitative estimate of drug-likeness (QED) is 0.787. The van der Waals surface area contributed by atoms with Gasteiger partial charge < -0.3 is 14.7 Å². The van der Waals surface area contributed by atoms with E-state index in [1.807, 2.05) is 36.9 Å². The maximum absolute atomic E-state index is 12.6. The predicted octanol–water partition coefficient (Wildman–Crippen LogP) is 2.90. The first-order valence-corrected chi connectivity index (χ1v) is 10.8. The molecule has 1 aliphatic carbocycles. The van der Waals surface area contributed by atoms with E-state index in [-0.39, 0.29) is 36.1 Å². The van der Waals surface area contributed by atoms with E-state index in [4.69, 9.17) is 16.1 Å². The number of carbonyl (C=O) groups excluding carboxylic acids is 2. The second-order valence-electron chi connectivity index (χ2n) is 8.88. The van der Waals surface area contributed by atoms with Crippen LogP contribution >= 0.6 is 11.6 Å². The highest BCUT2D eigenvalue weighted by atomic mass is 35.5. The van der Waals surface area contributed by atoms with Crippen LogP contribution in [0.2, 0.25) is 5.02 Å². The van der Waals surface area contributed by atoms with Gasteiger partial charge in [-0.25, -0.2) is 0 Å². The number of hydrogen-bond donors (Lipinski definition) is 1. The summed E-state index contributed by atoms with van der Waals surface area (Å²) in [5.41, 5.74) is 0.480. The Balaban J connectivity index is 1.49. The fraction of sp³-hybridized carbons (Fsp3) is 0.545. The standard InChI is InChI=1S/C22H27ClN4O3/c1-13(2)20(29)27-11-16-9-18(10-22(16,12-27)21-24-14(3)26-30-21)25-19(28)8-15-5-4-6-17(23)7-15/h4-7,13,16,18H,8-12H2,1-3H3,(H,25,28)/t16?,18-,22+/m1/s1. The second kappa shape index (κ2) is 8.02. The van der Waals surface area contributed by atoms with E-state index in [1.165, 1.54) is 0 Å². The summed E-state index contributed by atoms with van der Waals surface area (Å²) in [6, 6.07) is 7.35. The average molecular weight is 431 g/mol. The molecule has 1 saturated carbocycles. The van der Waals surface area contributed by atoms with E-state index in [9.17, 15) is 9.59 Å². The minimum atomic E-state index is -0.403. The molecule has 2 amide bonds. The Morgan fingerprint density at radius 2 is 2.20 bits per heavy atom. The number of halogens is 1. The van der Waals surface area contributed by atoms with Gasteiger partial charge in [-0.1, -0.05) is 42.7 Å². The minimum absolute atomic E-state index is 0.00481. The molecule has 160 valence electrons. The Bertz CT molecular complexity index is 959. The zero-order valence-electron chi connectivity index (χ0n) is 17.5. The molecule has 0 radical (unpaired) electrons. The van der Waals surface area contributed by atoms with Gasteiger partial charge in [-0.2, -0.15) is 4.98 Å². The molecule has 1 aromatic carbocycles. The van der Waals surface area contributed by atoms with Crippen LogP contribution in [0, 0.1) is 18.8 Å². The first kappa shape index (κ1) is 20.8. The molecule has 1 unspecified atom stereocenters. The van der Waals surface area contributed by atoms with Gasteiger partial charge in [0.05, 0.1) is 11.8 Å². The van der Waals surface area contributed by atoms with Crippen molar-refractivity contribution in [2.24, 2.45) is 11.8 Å². The molecule has 2 aliphatic rings. The highest BCUT2D eigenvalue weighted by molar-refractivity contribution is 6.30. The Hall–Kier alpha value is -2.41. The lowest BCUT2D eigenvalue weighted by Crippen LogP contribution is -2.40. The number of likely N-dealkylation sites (tertiary alicyclic amines) is 1. The van der Waals surface area contributed by atoms with Crippen molar-refractivity contribution in [3.8, 4) is 0 Å². The van der Waals surface area contributed by atoms with Gasteiger partial charge >= 0.3 is 0 Å². The summed E-state index contributed by atoms with van der Waals surface area (Å²) in [6.45, 7) is 6.83. The predicted molar refractivity (Wildman–Crippen MR) is 112 cm³/mol. The summed E-state index contributed by atoms with van der Waals surface area (Å²) in [5, 5.41) is 7.77. The molecular formula is C22H27ClN4O3. The van der Waals surface area contributed by atoms with E-state index in [2.05, 4.69) is 15.5 Å². The molecule has 7 nitrogen and oxygen atoms in total. The Morgan fingerprint density at radius 3 is 2.87 bits per heavy atom. The van der Waals surface area contributed by atoms with Gasteiger partial charge in [-0.05, 0) is 43.4 Å². The third-order valence-electron chi connectivity index (χ3n) is 6.25. The van der Waals surface area contributed by atoms with Gasteiger partial charge in [0.25, 0.3) is 0 Å². The third kappa shape index (κ3) is 3.95. The maximum atomic E-state index is 12.6. The highest BCUT2D eigenvalue weighted by Crippen LogP contribution is 2.50. The number of fused-ring (bicyclic) bond motifs is 1. The highest BCUT2D eigenvalue weighted by Gasteiger charge is 2.58. The normalized spacial score (nSPS) is 25.6. The van der Waals surface area contributed by atoms with Crippen molar-refractivity contribution in [3.63, 3.8) is 0 Å². The molecule has 1 aromatic heterocycles. The summed E-state index contributed by atoms with van der Waals surface area (Å²) in [5.74, 6) is 1.39. The minimum Gasteiger partial charge on any atom is -0.353 e. The summed E-state index contributed by atoms with van der Waals surface area (Å²) >= 11 is 6.03. The topological polar surface area (TPSA) is 88.3 Å². The van der Waals surface area contributed by atoms with Gasteiger partial charge in [0.1, 0.15) is 0 Å². The average Bonchev–Trinajstić information content (AvgIpc) is 3.33. The molecule has 1 N–H and O–H groups in total. The van der Waals surface area contributed by atoms with Gasteiger partial charge in [-0.15, -0.1) is 0 Å². The van der Waals surface area contributed by atoms with E-state index in [0.717, 1.165) is 12.0 Å². The largest absolute Gasteiger partial charge is 0.353 e. The van der Waals surface area contributed by atoms with Gasteiger partial charge in [0.15, 0.2) is 5.82 Å². The van der Waals surface area contributed by atoms with Crippen LogP contribution in [0.4, 0.5) is 0 Å². The van der Waals surface area contributed by atoms with Crippen LogP contribution in [-0.2, 0) is 21.4 Å². The van der Waals surface area contributed by atoms with Crippen molar-refractivity contribution in [3.05, 3.63) is 46.6 Å². The molecule has 2 aromatic rings. The summed E-state index contributed by atoms with van der Waals surface area (Å²) in [7, 11) is 0. The molecule has 1 saturated heterocycles. The summed E-state index contributed by atoms with van der Waals surface area (Å²) in [4.78, 5) is 31.7. The monoisotopic (exact) mass is 430 g/mol. The summed E-state index contributed by atoms with van der Waals surface area (Å²) < 4.78 is 5.58. The van der Waals surface area contributed by atoms with Crippen molar-refractivity contribution < 1.29 is 14.1 Å². The van der Waals surface area contributed by atoms with Crippen LogP contribution in [0.25, 0.3) is 0 Å². The zero-order valence-corrected chi connectivity index (χ0v) is 18.3. The fourth-order valence-corrected chi connectivity index (χ4v) is 5.17. The number of carbonyl (C=O) groups is 2. The maximum Gasteiger partial charge on any atom is 0.235 e. The summed E-state index contributed by atoms with van der Waals surface area (Å²) in [6.07, 6.45) is 1.75. The smallest absolute Gasteiger partial charge is 0.235 e. The van der Waals surface area contributed by atoms with Crippen molar-refractivity contribution in [2.45, 2.75) is 51.5 Å². The number of rotatable bonds is 5. The van der Waals surface area contributed by atoms with Gasteiger partial charge in [0, 0.05) is 30.1 Å². The Labute approximate surface area is 181 Å². The van der Waals surface area contributed by atoms with Gasteiger partial charge in [-0.3, -0.25) is 9.59 Å². The number of nitrogens with zero attached hydrogens (tertiary/aromatic N) is 3. The molecule has 3 atom stereocenters. The Morgan fingerprint density at radius 1 is 1.40 bits per heavy atom. The number of aromatic nitrogens is 2. The first-order chi connectivity index (χ1) is 14.3. The lowest BCUT2D eigenvalue weighted by atomic mass is 9.80. The van der Waals surface area contributed by atoms with Crippen molar-refractivity contribution in [1.29, 1.82) is 0 Å². The van der Waals surface area contributed by atoms with E-state index >= 15 is 0 Å². The second-order valence-corrected chi connectivity index (χ2v) is 9.32. The van der Waals surface area contributed by atoms with Gasteiger partial charge in [0.2, 0.25) is 17.7 Å². The molecule has 8 heteroatoms. The molecule has 2 heterocycles. The number of nitrogens with one attached hydrogen (secondary N) is 1. The van der Waals surface area contributed by atoms with E-state index in [1.54, 1.807) is 13.0 Å². The fourth-order valence-electron chi connectivity index (χ4n) is 4.96. The van der Waals surface area contributed by atoms with Crippen molar-refractivity contribution in [2.75, 3.05) is 13.1 Å². The zero-order chi connectivity index (χ0) is 21.5. The van der Waals surface area contributed by atoms with Crippen LogP contribution in [0.5, 0.6) is 0 Å². The van der Waals surface area contributed by atoms with Crippen LogP contribution < -0.4 is 5.32 Å². The number of benzene rings is 1. The Kier molecular flexibility index (Phi) is 5.57. The molecule has 0 bridgehead atoms. The van der Waals surface area contributed by atoms with Crippen LogP contribution in [0.15, 0.2) is 28.8 Å². The molecule has 1 aliphatic heterocycles. The van der Waals surface area contributed by atoms with Crippen molar-refractivity contribution >= 4 is 23.4 Å². The van der Waals surface area contributed by atoms with Crippen LogP contribution in [-0.4, -0.2) is 46.0 Å². The lowest BCUT2D eigenvalue weighted by Gasteiger charge is -2.26. The first-order valence-electron chi connectivity index (χ1n) is 10.4. The number of aryl methyl sites for hydroxylation is 1. The van der Waals surface area contributed by atoms with E-state index in [0.29, 0.717) is 36.2 Å². The SMILES string of the molecule is Cc1noc([C@]23C[C@H](NC(=O)Cc4cccc(Cl)c4)CC2CN(C(=O)C(C)C)C3)n1. The van der Waals surface area contributed by atoms with Crippen LogP contribution in [0.3, 0.4) is 0 Å². The third-order valence-corrected chi connectivity index (χ3v) is 6.49. The van der Waals surface area contributed by atoms with E-state index < -0.39 is 5.41 Å². The number of hydrogen-bond acceptors (Lipinski definition) is 5. The lowest BCUT2D eigenvalue weighted by molar-refractivity contribution is -0.134.